The fourth-order valence-electron chi connectivity index (χ4n) is 3.08. The first-order chi connectivity index (χ1) is 15.3. The molecule has 3 aromatic rings. The van der Waals surface area contributed by atoms with Crippen molar-refractivity contribution in [3.8, 4) is 11.5 Å². The Hall–Kier alpha value is -3.52. The average molecular weight is 455 g/mol. The maximum Gasteiger partial charge on any atom is 0.262 e. The molecule has 0 bridgehead atoms. The van der Waals surface area contributed by atoms with Gasteiger partial charge in [-0.25, -0.2) is 8.42 Å². The van der Waals surface area contributed by atoms with Gasteiger partial charge in [0.1, 0.15) is 18.1 Å². The number of ether oxygens (including phenoxy) is 2. The molecule has 0 aliphatic rings. The smallest absolute Gasteiger partial charge is 0.262 e. The van der Waals surface area contributed by atoms with Gasteiger partial charge in [-0.15, -0.1) is 0 Å². The number of carbonyl (C=O) groups is 1. The van der Waals surface area contributed by atoms with Crippen molar-refractivity contribution in [2.75, 3.05) is 25.0 Å². The molecule has 0 radical (unpaired) electrons. The van der Waals surface area contributed by atoms with E-state index in [2.05, 4.69) is 10.0 Å². The summed E-state index contributed by atoms with van der Waals surface area (Å²) in [6, 6.07) is 18.8. The molecule has 32 heavy (non-hydrogen) atoms. The number of carbonyl (C=O) groups excluding carboxylic acids is 1. The molecule has 0 fully saturated rings. The van der Waals surface area contributed by atoms with E-state index in [0.717, 1.165) is 5.56 Å². The third-order valence-corrected chi connectivity index (χ3v) is 6.23. The third-order valence-electron chi connectivity index (χ3n) is 4.71. The van der Waals surface area contributed by atoms with E-state index in [1.54, 1.807) is 56.5 Å². The summed E-state index contributed by atoms with van der Waals surface area (Å²) in [6.07, 6.45) is 0. The summed E-state index contributed by atoms with van der Waals surface area (Å²) in [6.45, 7) is 4.08. The van der Waals surface area contributed by atoms with E-state index >= 15 is 0 Å². The number of anilines is 1. The number of amides is 1. The normalized spacial score (nSPS) is 11.0. The zero-order valence-corrected chi connectivity index (χ0v) is 19.0. The molecule has 7 nitrogen and oxygen atoms in total. The van der Waals surface area contributed by atoms with E-state index in [1.807, 2.05) is 25.1 Å². The second-order valence-electron chi connectivity index (χ2n) is 7.24. The highest BCUT2D eigenvalue weighted by Gasteiger charge is 2.19. The molecular weight excluding hydrogens is 428 g/mol. The monoisotopic (exact) mass is 454 g/mol. The molecule has 0 saturated carbocycles. The lowest BCUT2D eigenvalue weighted by Gasteiger charge is -2.13. The lowest BCUT2D eigenvalue weighted by molar-refractivity contribution is 0.0946. The fraction of sp³-hybridized carbons (Fsp3) is 0.208. The van der Waals surface area contributed by atoms with E-state index < -0.39 is 10.0 Å². The van der Waals surface area contributed by atoms with Crippen LogP contribution in [0.3, 0.4) is 0 Å². The van der Waals surface area contributed by atoms with Crippen LogP contribution in [0.2, 0.25) is 0 Å². The molecule has 8 heteroatoms. The summed E-state index contributed by atoms with van der Waals surface area (Å²) in [5.41, 5.74) is 2.20. The van der Waals surface area contributed by atoms with Gasteiger partial charge < -0.3 is 14.8 Å². The number of hydrogen-bond acceptors (Lipinski definition) is 5. The Balaban J connectivity index is 1.64. The summed E-state index contributed by atoms with van der Waals surface area (Å²) >= 11 is 0. The second-order valence-corrected chi connectivity index (χ2v) is 8.89. The molecule has 0 aromatic heterocycles. The summed E-state index contributed by atoms with van der Waals surface area (Å²) < 4.78 is 39.1. The maximum atomic E-state index is 12.9. The molecule has 3 aromatic carbocycles. The molecular formula is C24H26N2O5S. The number of methoxy groups -OCH3 is 1. The molecule has 0 saturated heterocycles. The Kier molecular flexibility index (Phi) is 7.37. The fourth-order valence-corrected chi connectivity index (χ4v) is 4.40. The summed E-state index contributed by atoms with van der Waals surface area (Å²) in [7, 11) is -2.28. The van der Waals surface area contributed by atoms with Crippen LogP contribution in [0.1, 0.15) is 21.5 Å². The minimum absolute atomic E-state index is 0.0549. The highest BCUT2D eigenvalue weighted by atomic mass is 32.2. The highest BCUT2D eigenvalue weighted by molar-refractivity contribution is 7.92. The van der Waals surface area contributed by atoms with E-state index in [1.165, 1.54) is 6.07 Å². The Morgan fingerprint density at radius 1 is 0.938 bits per heavy atom. The number of aryl methyl sites for hydroxylation is 2. The average Bonchev–Trinajstić information content (AvgIpc) is 2.76. The van der Waals surface area contributed by atoms with Gasteiger partial charge >= 0.3 is 0 Å². The van der Waals surface area contributed by atoms with Crippen LogP contribution in [0.4, 0.5) is 5.69 Å². The topological polar surface area (TPSA) is 93.7 Å². The van der Waals surface area contributed by atoms with Crippen molar-refractivity contribution >= 4 is 21.6 Å². The van der Waals surface area contributed by atoms with Crippen LogP contribution < -0.4 is 19.5 Å². The maximum absolute atomic E-state index is 12.9. The Bertz CT molecular complexity index is 1210. The third kappa shape index (κ3) is 6.01. The standard InChI is InChI=1S/C24H26N2O5S/c1-17-6-4-7-20(14-17)26-32(28,29)23-15-19(11-10-18(23)2)24(27)25-12-13-31-22-9-5-8-21(16-22)30-3/h4-11,14-16,26H,12-13H2,1-3H3,(H,25,27). The lowest BCUT2D eigenvalue weighted by atomic mass is 10.1. The van der Waals surface area contributed by atoms with Crippen molar-refractivity contribution in [1.29, 1.82) is 0 Å². The van der Waals surface area contributed by atoms with Gasteiger partial charge in [0.15, 0.2) is 0 Å². The Morgan fingerprint density at radius 3 is 2.44 bits per heavy atom. The van der Waals surface area contributed by atoms with E-state index in [0.29, 0.717) is 22.7 Å². The molecule has 2 N–H and O–H groups in total. The minimum Gasteiger partial charge on any atom is -0.497 e. The molecule has 0 atom stereocenters. The largest absolute Gasteiger partial charge is 0.497 e. The van der Waals surface area contributed by atoms with Crippen molar-refractivity contribution in [3.63, 3.8) is 0 Å². The zero-order chi connectivity index (χ0) is 23.1. The van der Waals surface area contributed by atoms with Crippen LogP contribution in [-0.4, -0.2) is 34.6 Å². The predicted molar refractivity (Wildman–Crippen MR) is 124 cm³/mol. The lowest BCUT2D eigenvalue weighted by Crippen LogP contribution is -2.28. The Labute approximate surface area is 188 Å². The number of benzene rings is 3. The van der Waals surface area contributed by atoms with Crippen LogP contribution in [0.15, 0.2) is 71.6 Å². The molecule has 0 aliphatic carbocycles. The van der Waals surface area contributed by atoms with Gasteiger partial charge in [-0.05, 0) is 61.4 Å². The molecule has 0 heterocycles. The zero-order valence-electron chi connectivity index (χ0n) is 18.2. The molecule has 0 aliphatic heterocycles. The van der Waals surface area contributed by atoms with Gasteiger partial charge in [0.05, 0.1) is 18.6 Å². The first-order valence-electron chi connectivity index (χ1n) is 10.0. The second kappa shape index (κ2) is 10.2. The van der Waals surface area contributed by atoms with Gasteiger partial charge in [0.2, 0.25) is 0 Å². The number of nitrogens with one attached hydrogen (secondary N) is 2. The van der Waals surface area contributed by atoms with Crippen LogP contribution >= 0.6 is 0 Å². The van der Waals surface area contributed by atoms with Gasteiger partial charge in [-0.2, -0.15) is 0 Å². The first-order valence-corrected chi connectivity index (χ1v) is 11.5. The quantitative estimate of drug-likeness (QED) is 0.478. The van der Waals surface area contributed by atoms with Gasteiger partial charge in [0, 0.05) is 17.3 Å². The van der Waals surface area contributed by atoms with Gasteiger partial charge in [-0.3, -0.25) is 9.52 Å². The summed E-state index contributed by atoms with van der Waals surface area (Å²) in [5.74, 6) is 0.926. The van der Waals surface area contributed by atoms with Gasteiger partial charge in [-0.1, -0.05) is 24.3 Å². The molecule has 168 valence electrons. The van der Waals surface area contributed by atoms with Crippen LogP contribution in [-0.2, 0) is 10.0 Å². The van der Waals surface area contributed by atoms with Gasteiger partial charge in [0.25, 0.3) is 15.9 Å². The summed E-state index contributed by atoms with van der Waals surface area (Å²) in [5, 5.41) is 2.74. The Morgan fingerprint density at radius 2 is 1.69 bits per heavy atom. The van der Waals surface area contributed by atoms with Crippen molar-refractivity contribution < 1.29 is 22.7 Å². The van der Waals surface area contributed by atoms with E-state index in [9.17, 15) is 13.2 Å². The van der Waals surface area contributed by atoms with Crippen molar-refractivity contribution in [2.24, 2.45) is 0 Å². The highest BCUT2D eigenvalue weighted by Crippen LogP contribution is 2.22. The van der Waals surface area contributed by atoms with Crippen molar-refractivity contribution in [2.45, 2.75) is 18.7 Å². The van der Waals surface area contributed by atoms with E-state index in [4.69, 9.17) is 9.47 Å². The minimum atomic E-state index is -3.85. The number of hydrogen-bond donors (Lipinski definition) is 2. The van der Waals surface area contributed by atoms with Crippen molar-refractivity contribution in [1.82, 2.24) is 5.32 Å². The number of rotatable bonds is 9. The SMILES string of the molecule is COc1cccc(OCCNC(=O)c2ccc(C)c(S(=O)(=O)Nc3cccc(C)c3)c2)c1. The van der Waals surface area contributed by atoms with Crippen LogP contribution in [0.25, 0.3) is 0 Å². The molecule has 0 unspecified atom stereocenters. The van der Waals surface area contributed by atoms with Crippen LogP contribution in [0, 0.1) is 13.8 Å². The van der Waals surface area contributed by atoms with Crippen molar-refractivity contribution in [3.05, 3.63) is 83.4 Å². The van der Waals surface area contributed by atoms with E-state index in [-0.39, 0.29) is 29.5 Å². The first kappa shape index (κ1) is 23.1. The summed E-state index contributed by atoms with van der Waals surface area (Å²) in [4.78, 5) is 12.6. The van der Waals surface area contributed by atoms with Crippen LogP contribution in [0.5, 0.6) is 11.5 Å². The molecule has 1 amide bonds. The molecule has 3 rings (SSSR count). The predicted octanol–water partition coefficient (Wildman–Crippen LogP) is 3.92. The molecule has 0 spiro atoms. The number of sulfonamides is 1.